The Hall–Kier alpha value is -1.74. The number of hydrogen-bond donors (Lipinski definition) is 3. The number of benzene rings is 1. The van der Waals surface area contributed by atoms with Gasteiger partial charge in [0.2, 0.25) is 0 Å². The highest BCUT2D eigenvalue weighted by Crippen LogP contribution is 2.28. The molecule has 2 heterocycles. The molecule has 3 rings (SSSR count). The summed E-state index contributed by atoms with van der Waals surface area (Å²) in [6.07, 6.45) is 2.82. The molecule has 0 aromatic heterocycles. The van der Waals surface area contributed by atoms with Gasteiger partial charge in [-0.2, -0.15) is 20.5 Å². The molecule has 0 saturated carbocycles. The van der Waals surface area contributed by atoms with Crippen molar-refractivity contribution in [2.24, 2.45) is 4.99 Å². The lowest BCUT2D eigenvalue weighted by atomic mass is 10.0. The van der Waals surface area contributed by atoms with Crippen LogP contribution in [-0.4, -0.2) is 67.0 Å². The van der Waals surface area contributed by atoms with Crippen molar-refractivity contribution in [3.63, 3.8) is 0 Å². The molecule has 162 valence electrons. The van der Waals surface area contributed by atoms with Crippen molar-refractivity contribution in [3.05, 3.63) is 24.3 Å². The van der Waals surface area contributed by atoms with Gasteiger partial charge in [0.1, 0.15) is 5.75 Å². The second kappa shape index (κ2) is 10.3. The second-order valence-corrected chi connectivity index (χ2v) is 8.63. The van der Waals surface area contributed by atoms with Gasteiger partial charge in [0.05, 0.1) is 12.1 Å². The number of nitrogens with zero attached hydrogens (tertiary/aromatic N) is 2. The van der Waals surface area contributed by atoms with E-state index in [1.165, 1.54) is 0 Å². The Labute approximate surface area is 175 Å². The second-order valence-electron chi connectivity index (χ2n) is 7.52. The molecule has 0 radical (unpaired) electrons. The normalized spacial score (nSPS) is 25.3. The molecule has 0 aliphatic carbocycles. The molecule has 9 heteroatoms. The molecule has 2 unspecified atom stereocenters. The van der Waals surface area contributed by atoms with Crippen molar-refractivity contribution < 1.29 is 18.6 Å². The first-order chi connectivity index (χ1) is 14.0. The number of hydrogen-bond acceptors (Lipinski definition) is 5. The summed E-state index contributed by atoms with van der Waals surface area (Å²) in [6.45, 7) is 2.07. The van der Waals surface area contributed by atoms with E-state index in [0.717, 1.165) is 62.0 Å². The number of halogens is 2. The minimum Gasteiger partial charge on any atom is -0.435 e. The largest absolute Gasteiger partial charge is 0.435 e. The molecule has 2 aliphatic rings. The Kier molecular flexibility index (Phi) is 7.83. The predicted molar refractivity (Wildman–Crippen MR) is 114 cm³/mol. The molecule has 6 nitrogen and oxygen atoms in total. The molecular formula is C20H30F2N4O2S. The summed E-state index contributed by atoms with van der Waals surface area (Å²) in [7, 11) is 0. The Bertz CT molecular complexity index is 669. The Morgan fingerprint density at radius 3 is 2.86 bits per heavy atom. The highest BCUT2D eigenvalue weighted by Gasteiger charge is 2.31. The zero-order valence-corrected chi connectivity index (χ0v) is 17.6. The first kappa shape index (κ1) is 22.0. The summed E-state index contributed by atoms with van der Waals surface area (Å²) in [4.78, 5) is 6.86. The number of ether oxygens (including phenoxy) is 1. The van der Waals surface area contributed by atoms with Crippen LogP contribution in [0.25, 0.3) is 0 Å². The number of rotatable bonds is 7. The van der Waals surface area contributed by atoms with E-state index in [1.54, 1.807) is 23.9 Å². The van der Waals surface area contributed by atoms with Crippen molar-refractivity contribution in [1.82, 2.24) is 10.6 Å². The maximum atomic E-state index is 12.3. The fraction of sp³-hybridized carbons (Fsp3) is 0.650. The van der Waals surface area contributed by atoms with Gasteiger partial charge in [-0.25, -0.2) is 0 Å². The molecule has 2 aliphatic heterocycles. The predicted octanol–water partition coefficient (Wildman–Crippen LogP) is 2.68. The lowest BCUT2D eigenvalue weighted by Gasteiger charge is -2.35. The standard InChI is InChI=1S/C20H30F2N4O2S/c1-2-23-19(24-13-20(27)9-11-29-14-20)25-15-4-3-10-26(12-15)16-5-7-17(8-6-16)28-18(21)22/h5-8,15,18,27H,2-4,9-14H2,1H3,(H2,23,24,25). The lowest BCUT2D eigenvalue weighted by Crippen LogP contribution is -2.51. The van der Waals surface area contributed by atoms with Crippen LogP contribution in [-0.2, 0) is 0 Å². The topological polar surface area (TPSA) is 69.1 Å². The van der Waals surface area contributed by atoms with Crippen molar-refractivity contribution in [3.8, 4) is 5.75 Å². The summed E-state index contributed by atoms with van der Waals surface area (Å²) in [5, 5.41) is 17.3. The van der Waals surface area contributed by atoms with E-state index in [0.29, 0.717) is 6.54 Å². The monoisotopic (exact) mass is 428 g/mol. The molecular weight excluding hydrogens is 398 g/mol. The SMILES string of the molecule is CCNC(=NCC1(O)CCSC1)NC1CCCN(c2ccc(OC(F)F)cc2)C1. The van der Waals surface area contributed by atoms with Crippen LogP contribution in [0.3, 0.4) is 0 Å². The van der Waals surface area contributed by atoms with E-state index in [4.69, 9.17) is 0 Å². The number of anilines is 1. The molecule has 29 heavy (non-hydrogen) atoms. The smallest absolute Gasteiger partial charge is 0.387 e. The molecule has 0 bridgehead atoms. The fourth-order valence-corrected chi connectivity index (χ4v) is 4.91. The number of alkyl halides is 2. The van der Waals surface area contributed by atoms with E-state index in [-0.39, 0.29) is 11.8 Å². The van der Waals surface area contributed by atoms with E-state index in [1.807, 2.05) is 19.1 Å². The number of nitrogens with one attached hydrogen (secondary N) is 2. The van der Waals surface area contributed by atoms with Crippen LogP contribution in [0.15, 0.2) is 29.3 Å². The molecule has 2 fully saturated rings. The molecule has 1 aromatic rings. The van der Waals surface area contributed by atoms with Crippen LogP contribution < -0.4 is 20.3 Å². The zero-order valence-electron chi connectivity index (χ0n) is 16.7. The van der Waals surface area contributed by atoms with E-state index in [9.17, 15) is 13.9 Å². The zero-order chi connectivity index (χ0) is 20.7. The van der Waals surface area contributed by atoms with Gasteiger partial charge in [-0.15, -0.1) is 0 Å². The molecule has 0 amide bonds. The Balaban J connectivity index is 1.58. The fourth-order valence-electron chi connectivity index (χ4n) is 3.63. The third kappa shape index (κ3) is 6.64. The van der Waals surface area contributed by atoms with E-state index in [2.05, 4.69) is 25.3 Å². The van der Waals surface area contributed by atoms with Crippen LogP contribution in [0.4, 0.5) is 14.5 Å². The number of thioether (sulfide) groups is 1. The van der Waals surface area contributed by atoms with Gasteiger partial charge in [0.25, 0.3) is 0 Å². The van der Waals surface area contributed by atoms with Gasteiger partial charge in [-0.3, -0.25) is 4.99 Å². The van der Waals surface area contributed by atoms with Gasteiger partial charge in [0.15, 0.2) is 5.96 Å². The first-order valence-corrected chi connectivity index (χ1v) is 11.3. The molecule has 2 saturated heterocycles. The van der Waals surface area contributed by atoms with E-state index >= 15 is 0 Å². The Morgan fingerprint density at radius 2 is 2.21 bits per heavy atom. The van der Waals surface area contributed by atoms with Gasteiger partial charge in [0, 0.05) is 37.1 Å². The lowest BCUT2D eigenvalue weighted by molar-refractivity contribution is -0.0498. The van der Waals surface area contributed by atoms with Gasteiger partial charge in [-0.1, -0.05) is 0 Å². The number of aliphatic hydroxyl groups is 1. The molecule has 0 spiro atoms. The third-order valence-electron chi connectivity index (χ3n) is 5.15. The average Bonchev–Trinajstić information content (AvgIpc) is 3.14. The maximum Gasteiger partial charge on any atom is 0.387 e. The third-order valence-corrected chi connectivity index (χ3v) is 6.38. The van der Waals surface area contributed by atoms with Crippen LogP contribution >= 0.6 is 11.8 Å². The summed E-state index contributed by atoms with van der Waals surface area (Å²) in [5.41, 5.74) is 0.283. The van der Waals surface area contributed by atoms with Crippen LogP contribution in [0.2, 0.25) is 0 Å². The van der Waals surface area contributed by atoms with Crippen LogP contribution in [0, 0.1) is 0 Å². The summed E-state index contributed by atoms with van der Waals surface area (Å²) >= 11 is 1.77. The summed E-state index contributed by atoms with van der Waals surface area (Å²) in [5.74, 6) is 2.61. The molecule has 3 N–H and O–H groups in total. The van der Waals surface area contributed by atoms with Crippen LogP contribution in [0.1, 0.15) is 26.2 Å². The van der Waals surface area contributed by atoms with Gasteiger partial charge in [-0.05, 0) is 56.2 Å². The average molecular weight is 429 g/mol. The number of aliphatic imine (C=N–C) groups is 1. The number of piperidine rings is 1. The van der Waals surface area contributed by atoms with Crippen molar-refractivity contribution >= 4 is 23.4 Å². The number of guanidine groups is 1. The Morgan fingerprint density at radius 1 is 1.41 bits per heavy atom. The summed E-state index contributed by atoms with van der Waals surface area (Å²) in [6, 6.07) is 6.99. The molecule has 1 aromatic carbocycles. The molecule has 2 atom stereocenters. The first-order valence-electron chi connectivity index (χ1n) is 10.1. The quantitative estimate of drug-likeness (QED) is 0.458. The highest BCUT2D eigenvalue weighted by atomic mass is 32.2. The highest BCUT2D eigenvalue weighted by molar-refractivity contribution is 7.99. The minimum atomic E-state index is -2.81. The summed E-state index contributed by atoms with van der Waals surface area (Å²) < 4.78 is 29.1. The maximum absolute atomic E-state index is 12.3. The van der Waals surface area contributed by atoms with Crippen molar-refractivity contribution in [1.29, 1.82) is 0 Å². The van der Waals surface area contributed by atoms with Crippen molar-refractivity contribution in [2.45, 2.75) is 44.4 Å². The van der Waals surface area contributed by atoms with Gasteiger partial charge >= 0.3 is 6.61 Å². The van der Waals surface area contributed by atoms with Crippen LogP contribution in [0.5, 0.6) is 5.75 Å². The van der Waals surface area contributed by atoms with Crippen molar-refractivity contribution in [2.75, 3.05) is 42.6 Å². The van der Waals surface area contributed by atoms with E-state index < -0.39 is 12.2 Å². The van der Waals surface area contributed by atoms with Gasteiger partial charge < -0.3 is 25.4 Å². The minimum absolute atomic E-state index is 0.167.